The van der Waals surface area contributed by atoms with Crippen molar-refractivity contribution in [1.29, 1.82) is 0 Å². The summed E-state index contributed by atoms with van der Waals surface area (Å²) in [5.74, 6) is -1.69. The van der Waals surface area contributed by atoms with Gasteiger partial charge in [0.15, 0.2) is 5.76 Å². The van der Waals surface area contributed by atoms with E-state index in [4.69, 9.17) is 9.47 Å². The molecule has 0 unspecified atom stereocenters. The van der Waals surface area contributed by atoms with Gasteiger partial charge in [-0.2, -0.15) is 0 Å². The van der Waals surface area contributed by atoms with Crippen molar-refractivity contribution in [2.75, 3.05) is 13.2 Å². The van der Waals surface area contributed by atoms with Crippen molar-refractivity contribution < 1.29 is 24.2 Å². The van der Waals surface area contributed by atoms with Crippen LogP contribution in [0.2, 0.25) is 0 Å². The van der Waals surface area contributed by atoms with E-state index in [0.717, 1.165) is 19.3 Å². The number of ketones is 2. The molecule has 0 amide bonds. The lowest BCUT2D eigenvalue weighted by Crippen LogP contribution is -2.31. The summed E-state index contributed by atoms with van der Waals surface area (Å²) in [5.41, 5.74) is 0.169. The molecule has 2 rings (SSSR count). The van der Waals surface area contributed by atoms with Gasteiger partial charge in [0.05, 0.1) is 0 Å². The summed E-state index contributed by atoms with van der Waals surface area (Å²) in [6.07, 6.45) is 8.21. The van der Waals surface area contributed by atoms with Crippen LogP contribution in [0.3, 0.4) is 0 Å². The predicted octanol–water partition coefficient (Wildman–Crippen LogP) is 3.35. The summed E-state index contributed by atoms with van der Waals surface area (Å²) in [5, 5.41) is 9.96. The summed E-state index contributed by atoms with van der Waals surface area (Å²) in [6.45, 7) is 2.66. The first-order valence-corrected chi connectivity index (χ1v) is 8.18. The number of unbranched alkanes of at least 4 members (excludes halogenated alkanes) is 6. The topological polar surface area (TPSA) is 72.8 Å². The van der Waals surface area contributed by atoms with E-state index in [1.54, 1.807) is 0 Å². The van der Waals surface area contributed by atoms with Crippen LogP contribution in [0, 0.1) is 0 Å². The molecule has 0 aromatic heterocycles. The fourth-order valence-electron chi connectivity index (χ4n) is 2.74. The third-order valence-corrected chi connectivity index (χ3v) is 4.00. The van der Waals surface area contributed by atoms with Crippen molar-refractivity contribution >= 4 is 11.6 Å². The molecule has 0 aromatic rings. The predicted molar refractivity (Wildman–Crippen MR) is 81.2 cm³/mol. The van der Waals surface area contributed by atoms with Gasteiger partial charge < -0.3 is 14.6 Å². The largest absolute Gasteiger partial charge is 0.504 e. The normalized spacial score (nSPS) is 18.2. The van der Waals surface area contributed by atoms with Crippen LogP contribution < -0.4 is 0 Å². The van der Waals surface area contributed by atoms with Crippen molar-refractivity contribution in [3.05, 3.63) is 22.9 Å². The van der Waals surface area contributed by atoms with E-state index in [1.807, 2.05) is 0 Å². The number of carbonyl (C=O) groups is 2. The van der Waals surface area contributed by atoms with Gasteiger partial charge in [0, 0.05) is 5.57 Å². The average Bonchev–Trinajstić information content (AvgIpc) is 2.54. The number of hydrogen-bond donors (Lipinski definition) is 1. The first-order valence-electron chi connectivity index (χ1n) is 8.18. The molecule has 1 aliphatic heterocycles. The van der Waals surface area contributed by atoms with Crippen molar-refractivity contribution in [3.63, 3.8) is 0 Å². The van der Waals surface area contributed by atoms with Crippen LogP contribution in [0.1, 0.15) is 58.3 Å². The Kier molecular flexibility index (Phi) is 6.04. The molecule has 0 radical (unpaired) electrons. The van der Waals surface area contributed by atoms with Crippen molar-refractivity contribution in [3.8, 4) is 0 Å². The zero-order valence-electron chi connectivity index (χ0n) is 13.2. The molecule has 0 saturated carbocycles. The maximum atomic E-state index is 12.3. The number of aliphatic hydroxyl groups excluding tert-OH is 1. The monoisotopic (exact) mass is 308 g/mol. The highest BCUT2D eigenvalue weighted by Gasteiger charge is 2.38. The van der Waals surface area contributed by atoms with E-state index in [0.29, 0.717) is 6.42 Å². The second-order valence-corrected chi connectivity index (χ2v) is 5.71. The SMILES string of the molecule is CCCCCCCCCC1=C(O)C(=O)C2=C(OCCO2)C1=O. The molecule has 0 atom stereocenters. The Bertz CT molecular complexity index is 501. The van der Waals surface area contributed by atoms with Crippen LogP contribution >= 0.6 is 0 Å². The van der Waals surface area contributed by atoms with Crippen LogP contribution in [0.15, 0.2) is 22.9 Å². The summed E-state index contributed by atoms with van der Waals surface area (Å²) in [4.78, 5) is 24.3. The molecular formula is C17H24O5. The number of hydrogen-bond acceptors (Lipinski definition) is 5. The Morgan fingerprint density at radius 3 is 2.05 bits per heavy atom. The molecule has 22 heavy (non-hydrogen) atoms. The van der Waals surface area contributed by atoms with Gasteiger partial charge in [-0.25, -0.2) is 0 Å². The highest BCUT2D eigenvalue weighted by atomic mass is 16.6. The van der Waals surface area contributed by atoms with Gasteiger partial charge in [-0.3, -0.25) is 9.59 Å². The zero-order valence-corrected chi connectivity index (χ0v) is 13.2. The maximum absolute atomic E-state index is 12.3. The lowest BCUT2D eigenvalue weighted by atomic mass is 9.93. The van der Waals surface area contributed by atoms with Gasteiger partial charge in [-0.1, -0.05) is 45.4 Å². The number of allylic oxidation sites excluding steroid dienone is 1. The van der Waals surface area contributed by atoms with E-state index < -0.39 is 17.3 Å². The quantitative estimate of drug-likeness (QED) is 0.550. The lowest BCUT2D eigenvalue weighted by molar-refractivity contribution is -0.126. The molecule has 0 fully saturated rings. The molecular weight excluding hydrogens is 284 g/mol. The number of carbonyl (C=O) groups excluding carboxylic acids is 2. The van der Waals surface area contributed by atoms with Gasteiger partial charge in [0.25, 0.3) is 5.78 Å². The Labute approximate surface area is 131 Å². The lowest BCUT2D eigenvalue weighted by Gasteiger charge is -2.24. The molecule has 1 heterocycles. The van der Waals surface area contributed by atoms with Crippen LogP contribution in [0.4, 0.5) is 0 Å². The Morgan fingerprint density at radius 2 is 1.41 bits per heavy atom. The Morgan fingerprint density at radius 1 is 0.864 bits per heavy atom. The Balaban J connectivity index is 1.87. The van der Waals surface area contributed by atoms with E-state index in [1.165, 1.54) is 25.7 Å². The van der Waals surface area contributed by atoms with E-state index in [2.05, 4.69) is 6.92 Å². The van der Waals surface area contributed by atoms with Crippen LogP contribution in [0.25, 0.3) is 0 Å². The molecule has 1 N–H and O–H groups in total. The molecule has 5 nitrogen and oxygen atoms in total. The second kappa shape index (κ2) is 8.01. The molecule has 0 bridgehead atoms. The molecule has 0 saturated heterocycles. The van der Waals surface area contributed by atoms with E-state index in [-0.39, 0.29) is 30.3 Å². The molecule has 1 aliphatic carbocycles. The summed E-state index contributed by atoms with van der Waals surface area (Å²) in [7, 11) is 0. The zero-order chi connectivity index (χ0) is 15.9. The third-order valence-electron chi connectivity index (χ3n) is 4.00. The van der Waals surface area contributed by atoms with Crippen LogP contribution in [-0.4, -0.2) is 29.9 Å². The molecule has 2 aliphatic rings. The number of Topliss-reactive ketones (excluding diaryl/α,β-unsaturated/α-hetero) is 2. The summed E-state index contributed by atoms with van der Waals surface area (Å²) in [6, 6.07) is 0. The smallest absolute Gasteiger partial charge is 0.266 e. The van der Waals surface area contributed by atoms with Crippen molar-refractivity contribution in [1.82, 2.24) is 0 Å². The van der Waals surface area contributed by atoms with Crippen molar-refractivity contribution in [2.45, 2.75) is 58.3 Å². The minimum absolute atomic E-state index is 0.0352. The highest BCUT2D eigenvalue weighted by molar-refractivity contribution is 6.22. The van der Waals surface area contributed by atoms with Gasteiger partial charge in [-0.05, 0) is 12.8 Å². The second-order valence-electron chi connectivity index (χ2n) is 5.71. The minimum Gasteiger partial charge on any atom is -0.504 e. The minimum atomic E-state index is -0.632. The summed E-state index contributed by atoms with van der Waals surface area (Å²) < 4.78 is 10.4. The highest BCUT2D eigenvalue weighted by Crippen LogP contribution is 2.30. The molecule has 0 aromatic carbocycles. The molecule has 122 valence electrons. The first-order chi connectivity index (χ1) is 10.7. The van der Waals surface area contributed by atoms with Crippen molar-refractivity contribution in [2.24, 2.45) is 0 Å². The molecule has 0 spiro atoms. The Hall–Kier alpha value is -1.78. The number of rotatable bonds is 8. The summed E-state index contributed by atoms with van der Waals surface area (Å²) >= 11 is 0. The van der Waals surface area contributed by atoms with Crippen LogP contribution in [-0.2, 0) is 19.1 Å². The third kappa shape index (κ3) is 3.70. The van der Waals surface area contributed by atoms with Gasteiger partial charge >= 0.3 is 0 Å². The molecule has 5 heteroatoms. The fourth-order valence-corrected chi connectivity index (χ4v) is 2.74. The fraction of sp³-hybridized carbons (Fsp3) is 0.647. The van der Waals surface area contributed by atoms with Gasteiger partial charge in [0.2, 0.25) is 17.3 Å². The van der Waals surface area contributed by atoms with E-state index in [9.17, 15) is 14.7 Å². The van der Waals surface area contributed by atoms with E-state index >= 15 is 0 Å². The van der Waals surface area contributed by atoms with Crippen LogP contribution in [0.5, 0.6) is 0 Å². The first kappa shape index (κ1) is 16.6. The van der Waals surface area contributed by atoms with Gasteiger partial charge in [0.1, 0.15) is 13.2 Å². The number of aliphatic hydroxyl groups is 1. The van der Waals surface area contributed by atoms with Gasteiger partial charge in [-0.15, -0.1) is 0 Å². The number of ether oxygens (including phenoxy) is 2. The average molecular weight is 308 g/mol. The maximum Gasteiger partial charge on any atom is 0.266 e. The standard InChI is InChI=1S/C17H24O5/c1-2-3-4-5-6-7-8-9-12-13(18)15(20)17-16(14(12)19)21-10-11-22-17/h18H,2-11H2,1H3.